The molecule has 4 heteroatoms. The molecule has 118 valence electrons. The minimum absolute atomic E-state index is 0. The van der Waals surface area contributed by atoms with E-state index in [1.165, 1.54) is 6.42 Å². The molecule has 0 aliphatic heterocycles. The number of rotatable bonds is 4. The van der Waals surface area contributed by atoms with Gasteiger partial charge in [0.25, 0.3) is 0 Å². The van der Waals surface area contributed by atoms with Crippen molar-refractivity contribution in [2.24, 2.45) is 17.6 Å². The van der Waals surface area contributed by atoms with Gasteiger partial charge in [-0.2, -0.15) is 0 Å². The van der Waals surface area contributed by atoms with Gasteiger partial charge in [0.1, 0.15) is 0 Å². The summed E-state index contributed by atoms with van der Waals surface area (Å²) in [6.07, 6.45) is 4.02. The maximum absolute atomic E-state index is 12.2. The van der Waals surface area contributed by atoms with Crippen molar-refractivity contribution >= 4 is 18.3 Å². The van der Waals surface area contributed by atoms with E-state index in [0.717, 1.165) is 18.4 Å². The van der Waals surface area contributed by atoms with E-state index in [0.29, 0.717) is 24.3 Å². The molecule has 21 heavy (non-hydrogen) atoms. The van der Waals surface area contributed by atoms with Crippen molar-refractivity contribution in [3.05, 3.63) is 35.9 Å². The van der Waals surface area contributed by atoms with Gasteiger partial charge in [-0.05, 0) is 43.1 Å². The van der Waals surface area contributed by atoms with E-state index in [9.17, 15) is 4.79 Å². The van der Waals surface area contributed by atoms with Gasteiger partial charge < -0.3 is 11.1 Å². The van der Waals surface area contributed by atoms with Crippen LogP contribution < -0.4 is 11.1 Å². The van der Waals surface area contributed by atoms with Crippen LogP contribution in [0.15, 0.2) is 30.3 Å². The van der Waals surface area contributed by atoms with Gasteiger partial charge in [0, 0.05) is 6.04 Å². The number of carbonyl (C=O) groups is 1. The Hall–Kier alpha value is -1.06. The highest BCUT2D eigenvalue weighted by Crippen LogP contribution is 2.28. The molecular formula is C17H27ClN2O. The number of amides is 1. The number of halogens is 1. The van der Waals surface area contributed by atoms with Gasteiger partial charge in [0.05, 0.1) is 6.04 Å². The molecule has 0 heterocycles. The molecule has 2 rings (SSSR count). The minimum atomic E-state index is -0.454. The molecular weight excluding hydrogens is 284 g/mol. The van der Waals surface area contributed by atoms with Crippen LogP contribution in [0.1, 0.15) is 38.7 Å². The SMILES string of the molecule is CC1CC(C)CC(NC(=O)C(N)Cc2ccccc2)C1.Cl. The zero-order valence-electron chi connectivity index (χ0n) is 12.9. The highest BCUT2D eigenvalue weighted by atomic mass is 35.5. The second-order valence-electron chi connectivity index (χ2n) is 6.42. The molecule has 3 N–H and O–H groups in total. The molecule has 3 unspecified atom stereocenters. The molecule has 1 amide bonds. The minimum Gasteiger partial charge on any atom is -0.352 e. The van der Waals surface area contributed by atoms with Gasteiger partial charge >= 0.3 is 0 Å². The fourth-order valence-corrected chi connectivity index (χ4v) is 3.33. The number of benzene rings is 1. The van der Waals surface area contributed by atoms with Crippen molar-refractivity contribution in [2.45, 2.75) is 51.6 Å². The molecule has 1 saturated carbocycles. The lowest BCUT2D eigenvalue weighted by Gasteiger charge is -2.32. The molecule has 1 aliphatic rings. The standard InChI is InChI=1S/C17H26N2O.ClH/c1-12-8-13(2)10-15(9-12)19-17(20)16(18)11-14-6-4-3-5-7-14;/h3-7,12-13,15-16H,8-11,18H2,1-2H3,(H,19,20);1H. The first-order chi connectivity index (χ1) is 9.54. The predicted octanol–water partition coefficient (Wildman–Crippen LogP) is 2.92. The zero-order chi connectivity index (χ0) is 14.5. The fraction of sp³-hybridized carbons (Fsp3) is 0.588. The van der Waals surface area contributed by atoms with Crippen LogP contribution in [0.2, 0.25) is 0 Å². The van der Waals surface area contributed by atoms with Crippen LogP contribution in [-0.4, -0.2) is 18.0 Å². The van der Waals surface area contributed by atoms with Gasteiger partial charge in [0.15, 0.2) is 0 Å². The van der Waals surface area contributed by atoms with Gasteiger partial charge in [-0.25, -0.2) is 0 Å². The third-order valence-electron chi connectivity index (χ3n) is 4.16. The van der Waals surface area contributed by atoms with E-state index in [4.69, 9.17) is 5.73 Å². The monoisotopic (exact) mass is 310 g/mol. The summed E-state index contributed by atoms with van der Waals surface area (Å²) in [4.78, 5) is 12.2. The highest BCUT2D eigenvalue weighted by Gasteiger charge is 2.26. The Bertz CT molecular complexity index is 428. The van der Waals surface area contributed by atoms with Gasteiger partial charge in [-0.15, -0.1) is 12.4 Å². The summed E-state index contributed by atoms with van der Waals surface area (Å²) in [6.45, 7) is 4.53. The van der Waals surface area contributed by atoms with Crippen LogP contribution >= 0.6 is 12.4 Å². The topological polar surface area (TPSA) is 55.1 Å². The largest absolute Gasteiger partial charge is 0.352 e. The van der Waals surface area contributed by atoms with Crippen LogP contribution in [0, 0.1) is 11.8 Å². The molecule has 0 aromatic heterocycles. The van der Waals surface area contributed by atoms with Gasteiger partial charge in [-0.1, -0.05) is 44.2 Å². The molecule has 1 aromatic rings. The molecule has 0 spiro atoms. The van der Waals surface area contributed by atoms with Crippen molar-refractivity contribution < 1.29 is 4.79 Å². The average Bonchev–Trinajstić information content (AvgIpc) is 2.38. The number of carbonyl (C=O) groups excluding carboxylic acids is 1. The Morgan fingerprint density at radius 2 is 1.76 bits per heavy atom. The van der Waals surface area contributed by atoms with E-state index in [-0.39, 0.29) is 18.3 Å². The van der Waals surface area contributed by atoms with E-state index < -0.39 is 6.04 Å². The van der Waals surface area contributed by atoms with E-state index in [2.05, 4.69) is 19.2 Å². The molecule has 3 atom stereocenters. The van der Waals surface area contributed by atoms with Crippen LogP contribution in [0.3, 0.4) is 0 Å². The number of nitrogens with two attached hydrogens (primary N) is 1. The molecule has 0 bridgehead atoms. The molecule has 0 saturated heterocycles. The molecule has 1 fully saturated rings. The average molecular weight is 311 g/mol. The summed E-state index contributed by atoms with van der Waals surface area (Å²) < 4.78 is 0. The fourth-order valence-electron chi connectivity index (χ4n) is 3.33. The van der Waals surface area contributed by atoms with Crippen molar-refractivity contribution in [3.63, 3.8) is 0 Å². The van der Waals surface area contributed by atoms with Gasteiger partial charge in [-0.3, -0.25) is 4.79 Å². The van der Waals surface area contributed by atoms with Crippen molar-refractivity contribution in [1.82, 2.24) is 5.32 Å². The lowest BCUT2D eigenvalue weighted by molar-refractivity contribution is -0.123. The van der Waals surface area contributed by atoms with E-state index in [1.54, 1.807) is 0 Å². The Labute approximate surface area is 134 Å². The van der Waals surface area contributed by atoms with Crippen LogP contribution in [0.25, 0.3) is 0 Å². The lowest BCUT2D eigenvalue weighted by atomic mass is 9.80. The zero-order valence-corrected chi connectivity index (χ0v) is 13.7. The lowest BCUT2D eigenvalue weighted by Crippen LogP contribution is -2.48. The van der Waals surface area contributed by atoms with Crippen molar-refractivity contribution in [2.75, 3.05) is 0 Å². The Kier molecular flexibility index (Phi) is 7.20. The second kappa shape index (κ2) is 8.40. The van der Waals surface area contributed by atoms with Crippen molar-refractivity contribution in [1.29, 1.82) is 0 Å². The summed E-state index contributed by atoms with van der Waals surface area (Å²) in [5, 5.41) is 3.14. The highest BCUT2D eigenvalue weighted by molar-refractivity contribution is 5.85. The molecule has 1 aromatic carbocycles. The first kappa shape index (κ1) is 18.0. The third kappa shape index (κ3) is 5.68. The summed E-state index contributed by atoms with van der Waals surface area (Å²) in [5.74, 6) is 1.36. The van der Waals surface area contributed by atoms with Gasteiger partial charge in [0.2, 0.25) is 5.91 Å². The smallest absolute Gasteiger partial charge is 0.237 e. The molecule has 0 radical (unpaired) electrons. The maximum atomic E-state index is 12.2. The normalized spacial score (nSPS) is 26.5. The Morgan fingerprint density at radius 3 is 2.33 bits per heavy atom. The number of hydrogen-bond acceptors (Lipinski definition) is 2. The quantitative estimate of drug-likeness (QED) is 0.898. The van der Waals surface area contributed by atoms with Crippen molar-refractivity contribution in [3.8, 4) is 0 Å². The first-order valence-electron chi connectivity index (χ1n) is 7.64. The van der Waals surface area contributed by atoms with Crippen LogP contribution in [-0.2, 0) is 11.2 Å². The summed E-state index contributed by atoms with van der Waals surface area (Å²) in [5.41, 5.74) is 7.14. The summed E-state index contributed by atoms with van der Waals surface area (Å²) in [7, 11) is 0. The first-order valence-corrected chi connectivity index (χ1v) is 7.64. The second-order valence-corrected chi connectivity index (χ2v) is 6.42. The van der Waals surface area contributed by atoms with Crippen LogP contribution in [0.5, 0.6) is 0 Å². The van der Waals surface area contributed by atoms with E-state index >= 15 is 0 Å². The number of nitrogens with one attached hydrogen (secondary N) is 1. The number of hydrogen-bond donors (Lipinski definition) is 2. The predicted molar refractivity (Wildman–Crippen MR) is 89.5 cm³/mol. The third-order valence-corrected chi connectivity index (χ3v) is 4.16. The van der Waals surface area contributed by atoms with E-state index in [1.807, 2.05) is 30.3 Å². The Morgan fingerprint density at radius 1 is 1.19 bits per heavy atom. The Balaban J connectivity index is 0.00000220. The summed E-state index contributed by atoms with van der Waals surface area (Å²) >= 11 is 0. The maximum Gasteiger partial charge on any atom is 0.237 e. The molecule has 1 aliphatic carbocycles. The van der Waals surface area contributed by atoms with Crippen LogP contribution in [0.4, 0.5) is 0 Å². The molecule has 3 nitrogen and oxygen atoms in total. The summed E-state index contributed by atoms with van der Waals surface area (Å²) in [6, 6.07) is 9.79.